The molecule has 0 radical (unpaired) electrons. The lowest BCUT2D eigenvalue weighted by Gasteiger charge is -2.13. The lowest BCUT2D eigenvalue weighted by atomic mass is 9.97. The van der Waals surface area contributed by atoms with Crippen LogP contribution in [0.2, 0.25) is 0 Å². The summed E-state index contributed by atoms with van der Waals surface area (Å²) in [5, 5.41) is 8.65. The number of halogens is 2. The van der Waals surface area contributed by atoms with Crippen LogP contribution in [-0.4, -0.2) is 11.1 Å². The van der Waals surface area contributed by atoms with E-state index >= 15 is 0 Å². The monoisotopic (exact) mass is 291 g/mol. The first-order chi connectivity index (χ1) is 9.97. The summed E-state index contributed by atoms with van der Waals surface area (Å²) in [4.78, 5) is 10.6. The maximum Gasteiger partial charge on any atom is 0.303 e. The summed E-state index contributed by atoms with van der Waals surface area (Å²) in [5.41, 5.74) is 7.56. The van der Waals surface area contributed by atoms with Gasteiger partial charge in [-0.3, -0.25) is 4.79 Å². The van der Waals surface area contributed by atoms with E-state index in [-0.39, 0.29) is 24.2 Å². The number of nitrogens with two attached hydrogens (primary N) is 1. The number of carboxylic acid groups (broad SMARTS) is 1. The molecule has 3 nitrogen and oxygen atoms in total. The Morgan fingerprint density at radius 3 is 2.33 bits per heavy atom. The topological polar surface area (TPSA) is 63.3 Å². The fraction of sp³-hybridized carbons (Fsp3) is 0.188. The van der Waals surface area contributed by atoms with Crippen molar-refractivity contribution in [1.82, 2.24) is 0 Å². The van der Waals surface area contributed by atoms with E-state index < -0.39 is 17.8 Å². The molecule has 0 amide bonds. The first-order valence-corrected chi connectivity index (χ1v) is 6.50. The molecule has 2 rings (SSSR count). The number of hydrogen-bond acceptors (Lipinski definition) is 2. The highest BCUT2D eigenvalue weighted by Crippen LogP contribution is 2.26. The SMILES string of the molecule is NC(CCC(=O)O)c1cc(-c2ccc(F)cc2)ccc1F. The van der Waals surface area contributed by atoms with Crippen LogP contribution in [0.1, 0.15) is 24.4 Å². The van der Waals surface area contributed by atoms with Gasteiger partial charge in [0.2, 0.25) is 0 Å². The molecule has 5 heteroatoms. The average molecular weight is 291 g/mol. The van der Waals surface area contributed by atoms with Crippen molar-refractivity contribution in [3.8, 4) is 11.1 Å². The van der Waals surface area contributed by atoms with Gasteiger partial charge in [0.1, 0.15) is 11.6 Å². The molecule has 0 aromatic heterocycles. The highest BCUT2D eigenvalue weighted by atomic mass is 19.1. The minimum atomic E-state index is -0.972. The van der Waals surface area contributed by atoms with Crippen molar-refractivity contribution in [2.45, 2.75) is 18.9 Å². The van der Waals surface area contributed by atoms with Gasteiger partial charge in [0.25, 0.3) is 0 Å². The van der Waals surface area contributed by atoms with Gasteiger partial charge in [-0.2, -0.15) is 0 Å². The van der Waals surface area contributed by atoms with E-state index in [9.17, 15) is 13.6 Å². The van der Waals surface area contributed by atoms with Crippen LogP contribution in [0.3, 0.4) is 0 Å². The number of aliphatic carboxylic acids is 1. The highest BCUT2D eigenvalue weighted by Gasteiger charge is 2.14. The third kappa shape index (κ3) is 3.86. The second-order valence-corrected chi connectivity index (χ2v) is 4.78. The number of rotatable bonds is 5. The molecule has 0 aliphatic rings. The van der Waals surface area contributed by atoms with Crippen molar-refractivity contribution in [3.63, 3.8) is 0 Å². The van der Waals surface area contributed by atoms with E-state index in [0.29, 0.717) is 5.56 Å². The molecule has 21 heavy (non-hydrogen) atoms. The molecule has 2 aromatic rings. The van der Waals surface area contributed by atoms with Crippen molar-refractivity contribution in [1.29, 1.82) is 0 Å². The number of carbonyl (C=O) groups is 1. The molecule has 0 spiro atoms. The molecular weight excluding hydrogens is 276 g/mol. The zero-order chi connectivity index (χ0) is 15.4. The fourth-order valence-corrected chi connectivity index (χ4v) is 2.08. The molecule has 0 aliphatic heterocycles. The van der Waals surface area contributed by atoms with E-state index in [1.54, 1.807) is 24.3 Å². The van der Waals surface area contributed by atoms with Gasteiger partial charge in [-0.25, -0.2) is 8.78 Å². The van der Waals surface area contributed by atoms with Gasteiger partial charge in [0.05, 0.1) is 0 Å². The first-order valence-electron chi connectivity index (χ1n) is 6.50. The minimum Gasteiger partial charge on any atom is -0.481 e. The van der Waals surface area contributed by atoms with Gasteiger partial charge in [-0.15, -0.1) is 0 Å². The van der Waals surface area contributed by atoms with Crippen LogP contribution >= 0.6 is 0 Å². The third-order valence-corrected chi connectivity index (χ3v) is 3.24. The van der Waals surface area contributed by atoms with Gasteiger partial charge >= 0.3 is 5.97 Å². The third-order valence-electron chi connectivity index (χ3n) is 3.24. The molecule has 0 saturated carbocycles. The maximum absolute atomic E-state index is 13.8. The zero-order valence-corrected chi connectivity index (χ0v) is 11.2. The molecule has 0 heterocycles. The molecule has 0 fully saturated rings. The average Bonchev–Trinajstić information content (AvgIpc) is 2.46. The Labute approximate surface area is 121 Å². The number of benzene rings is 2. The normalized spacial score (nSPS) is 12.1. The van der Waals surface area contributed by atoms with Crippen molar-refractivity contribution in [2.75, 3.05) is 0 Å². The Morgan fingerprint density at radius 1 is 1.10 bits per heavy atom. The van der Waals surface area contributed by atoms with Gasteiger partial charge < -0.3 is 10.8 Å². The Balaban J connectivity index is 2.28. The van der Waals surface area contributed by atoms with Gasteiger partial charge in [0, 0.05) is 18.0 Å². The molecular formula is C16H15F2NO2. The van der Waals surface area contributed by atoms with Gasteiger partial charge in [0.15, 0.2) is 0 Å². The highest BCUT2D eigenvalue weighted by molar-refractivity contribution is 5.67. The first kappa shape index (κ1) is 15.1. The van der Waals surface area contributed by atoms with Gasteiger partial charge in [-0.1, -0.05) is 18.2 Å². The van der Waals surface area contributed by atoms with Crippen molar-refractivity contribution in [3.05, 3.63) is 59.7 Å². The van der Waals surface area contributed by atoms with Gasteiger partial charge in [-0.05, 0) is 41.8 Å². The van der Waals surface area contributed by atoms with Crippen LogP contribution in [0.15, 0.2) is 42.5 Å². The Morgan fingerprint density at radius 2 is 1.71 bits per heavy atom. The van der Waals surface area contributed by atoms with E-state index in [2.05, 4.69) is 0 Å². The van der Waals surface area contributed by atoms with Crippen LogP contribution in [0.4, 0.5) is 8.78 Å². The molecule has 0 aliphatic carbocycles. The van der Waals surface area contributed by atoms with Crippen LogP contribution < -0.4 is 5.73 Å². The smallest absolute Gasteiger partial charge is 0.303 e. The summed E-state index contributed by atoms with van der Waals surface area (Å²) >= 11 is 0. The van der Waals surface area contributed by atoms with Crippen LogP contribution in [-0.2, 0) is 4.79 Å². The predicted octanol–water partition coefficient (Wildman–Crippen LogP) is 3.50. The largest absolute Gasteiger partial charge is 0.481 e. The molecule has 2 aromatic carbocycles. The summed E-state index contributed by atoms with van der Waals surface area (Å²) in [6, 6.07) is 9.58. The molecule has 1 atom stereocenters. The summed E-state index contributed by atoms with van der Waals surface area (Å²) in [7, 11) is 0. The van der Waals surface area contributed by atoms with Crippen LogP contribution in [0.25, 0.3) is 11.1 Å². The molecule has 3 N–H and O–H groups in total. The van der Waals surface area contributed by atoms with E-state index in [1.807, 2.05) is 0 Å². The lowest BCUT2D eigenvalue weighted by molar-refractivity contribution is -0.137. The quantitative estimate of drug-likeness (QED) is 0.886. The molecule has 1 unspecified atom stereocenters. The second kappa shape index (κ2) is 6.45. The van der Waals surface area contributed by atoms with E-state index in [1.165, 1.54) is 18.2 Å². The predicted molar refractivity (Wildman–Crippen MR) is 75.6 cm³/mol. The Kier molecular flexibility index (Phi) is 4.65. The summed E-state index contributed by atoms with van der Waals surface area (Å²) in [6.45, 7) is 0. The maximum atomic E-state index is 13.8. The standard InChI is InChI=1S/C16H15F2NO2/c17-12-4-1-10(2-5-12)11-3-6-14(18)13(9-11)15(19)7-8-16(20)21/h1-6,9,15H,7-8,19H2,(H,20,21). The van der Waals surface area contributed by atoms with Crippen LogP contribution in [0.5, 0.6) is 0 Å². The van der Waals surface area contributed by atoms with Crippen LogP contribution in [0, 0.1) is 11.6 Å². The summed E-state index contributed by atoms with van der Waals surface area (Å²) in [5.74, 6) is -1.79. The van der Waals surface area contributed by atoms with E-state index in [0.717, 1.165) is 5.56 Å². The fourth-order valence-electron chi connectivity index (χ4n) is 2.08. The lowest BCUT2D eigenvalue weighted by Crippen LogP contribution is -2.14. The minimum absolute atomic E-state index is 0.124. The second-order valence-electron chi connectivity index (χ2n) is 4.78. The number of carboxylic acids is 1. The van der Waals surface area contributed by atoms with Crippen molar-refractivity contribution >= 4 is 5.97 Å². The molecule has 0 saturated heterocycles. The van der Waals surface area contributed by atoms with Crippen molar-refractivity contribution < 1.29 is 18.7 Å². The van der Waals surface area contributed by atoms with Crippen molar-refractivity contribution in [2.24, 2.45) is 5.73 Å². The summed E-state index contributed by atoms with van der Waals surface area (Å²) in [6.07, 6.45) is 0.0283. The Hall–Kier alpha value is -2.27. The summed E-state index contributed by atoms with van der Waals surface area (Å²) < 4.78 is 26.8. The Bertz CT molecular complexity index is 641. The zero-order valence-electron chi connectivity index (χ0n) is 11.2. The molecule has 0 bridgehead atoms. The van der Waals surface area contributed by atoms with E-state index in [4.69, 9.17) is 10.8 Å². The molecule has 110 valence electrons. The number of hydrogen-bond donors (Lipinski definition) is 2.